The van der Waals surface area contributed by atoms with Gasteiger partial charge in [-0.05, 0) is 30.4 Å². The SMILES string of the molecule is COc1cc(OC)cc(C(=O)OCC(=O)N2C[C@H](C)C[C@@H](C)C2)c1. The van der Waals surface area contributed by atoms with E-state index in [9.17, 15) is 9.59 Å². The second kappa shape index (κ2) is 8.04. The van der Waals surface area contributed by atoms with Gasteiger partial charge in [0.2, 0.25) is 0 Å². The highest BCUT2D eigenvalue weighted by molar-refractivity contribution is 5.92. The summed E-state index contributed by atoms with van der Waals surface area (Å²) in [6, 6.07) is 4.78. The zero-order valence-electron chi connectivity index (χ0n) is 14.7. The largest absolute Gasteiger partial charge is 0.497 e. The van der Waals surface area contributed by atoms with E-state index < -0.39 is 5.97 Å². The Kier molecular flexibility index (Phi) is 6.06. The lowest BCUT2D eigenvalue weighted by Gasteiger charge is -2.34. The lowest BCUT2D eigenvalue weighted by molar-refractivity contribution is -0.137. The number of rotatable bonds is 5. The molecule has 0 bridgehead atoms. The van der Waals surface area contributed by atoms with Gasteiger partial charge in [0.15, 0.2) is 6.61 Å². The number of likely N-dealkylation sites (tertiary alicyclic amines) is 1. The van der Waals surface area contributed by atoms with Crippen molar-refractivity contribution in [3.05, 3.63) is 23.8 Å². The molecule has 0 N–H and O–H groups in total. The third kappa shape index (κ3) is 4.63. The molecule has 1 aliphatic rings. The number of nitrogens with zero attached hydrogens (tertiary/aromatic N) is 1. The van der Waals surface area contributed by atoms with Gasteiger partial charge in [-0.2, -0.15) is 0 Å². The van der Waals surface area contributed by atoms with E-state index in [2.05, 4.69) is 13.8 Å². The summed E-state index contributed by atoms with van der Waals surface area (Å²) in [6.07, 6.45) is 1.12. The molecule has 2 rings (SSSR count). The summed E-state index contributed by atoms with van der Waals surface area (Å²) >= 11 is 0. The maximum Gasteiger partial charge on any atom is 0.338 e. The predicted molar refractivity (Wildman–Crippen MR) is 89.4 cm³/mol. The Balaban J connectivity index is 1.96. The molecular weight excluding hydrogens is 310 g/mol. The Labute approximate surface area is 142 Å². The Morgan fingerprint density at radius 2 is 1.58 bits per heavy atom. The predicted octanol–water partition coefficient (Wildman–Crippen LogP) is 2.37. The molecule has 0 saturated carbocycles. The third-order valence-corrected chi connectivity index (χ3v) is 4.14. The van der Waals surface area contributed by atoms with Gasteiger partial charge in [0.05, 0.1) is 19.8 Å². The number of amides is 1. The molecule has 0 aliphatic carbocycles. The Morgan fingerprint density at radius 3 is 2.08 bits per heavy atom. The smallest absolute Gasteiger partial charge is 0.338 e. The van der Waals surface area contributed by atoms with Gasteiger partial charge in [0.1, 0.15) is 11.5 Å². The minimum Gasteiger partial charge on any atom is -0.497 e. The number of ether oxygens (including phenoxy) is 3. The van der Waals surface area contributed by atoms with Gasteiger partial charge in [0.25, 0.3) is 5.91 Å². The quantitative estimate of drug-likeness (QED) is 0.773. The van der Waals surface area contributed by atoms with E-state index in [-0.39, 0.29) is 12.5 Å². The molecular formula is C18H25NO5. The highest BCUT2D eigenvalue weighted by Gasteiger charge is 2.26. The molecule has 6 heteroatoms. The van der Waals surface area contributed by atoms with Crippen LogP contribution in [-0.4, -0.2) is 50.7 Å². The van der Waals surface area contributed by atoms with Crippen LogP contribution in [0.2, 0.25) is 0 Å². The summed E-state index contributed by atoms with van der Waals surface area (Å²) in [5.41, 5.74) is 0.291. The van der Waals surface area contributed by atoms with E-state index in [0.29, 0.717) is 42.0 Å². The monoisotopic (exact) mass is 335 g/mol. The highest BCUT2D eigenvalue weighted by Crippen LogP contribution is 2.23. The standard InChI is InChI=1S/C18H25NO5/c1-12-5-13(2)10-19(9-12)17(20)11-24-18(21)14-6-15(22-3)8-16(7-14)23-4/h6-8,12-13H,5,9-11H2,1-4H3/t12-,13-/m1/s1. The molecule has 132 valence electrons. The molecule has 1 aromatic rings. The van der Waals surface area contributed by atoms with Gasteiger partial charge >= 0.3 is 5.97 Å². The number of hydrogen-bond acceptors (Lipinski definition) is 5. The van der Waals surface area contributed by atoms with Crippen LogP contribution in [0.5, 0.6) is 11.5 Å². The van der Waals surface area contributed by atoms with Crippen LogP contribution in [0.1, 0.15) is 30.6 Å². The van der Waals surface area contributed by atoms with Crippen LogP contribution < -0.4 is 9.47 Å². The summed E-state index contributed by atoms with van der Waals surface area (Å²) in [4.78, 5) is 26.2. The molecule has 0 radical (unpaired) electrons. The van der Waals surface area contributed by atoms with Gasteiger partial charge < -0.3 is 19.1 Å². The molecule has 6 nitrogen and oxygen atoms in total. The Hall–Kier alpha value is -2.24. The zero-order valence-corrected chi connectivity index (χ0v) is 14.7. The van der Waals surface area contributed by atoms with Crippen molar-refractivity contribution in [3.8, 4) is 11.5 Å². The van der Waals surface area contributed by atoms with Crippen LogP contribution >= 0.6 is 0 Å². The fourth-order valence-electron chi connectivity index (χ4n) is 3.09. The van der Waals surface area contributed by atoms with Gasteiger partial charge in [-0.25, -0.2) is 4.79 Å². The first-order valence-electron chi connectivity index (χ1n) is 8.11. The van der Waals surface area contributed by atoms with Crippen molar-refractivity contribution >= 4 is 11.9 Å². The molecule has 1 aliphatic heterocycles. The summed E-state index contributed by atoms with van der Waals surface area (Å²) in [5.74, 6) is 1.19. The van der Waals surface area contributed by atoms with Crippen molar-refractivity contribution in [1.29, 1.82) is 0 Å². The van der Waals surface area contributed by atoms with E-state index in [1.54, 1.807) is 23.1 Å². The molecule has 1 amide bonds. The van der Waals surface area contributed by atoms with E-state index >= 15 is 0 Å². The van der Waals surface area contributed by atoms with Crippen molar-refractivity contribution < 1.29 is 23.8 Å². The maximum atomic E-state index is 12.3. The summed E-state index contributed by atoms with van der Waals surface area (Å²) in [7, 11) is 3.01. The lowest BCUT2D eigenvalue weighted by atomic mass is 9.92. The van der Waals surface area contributed by atoms with Gasteiger partial charge in [0, 0.05) is 19.2 Å². The molecule has 2 atom stereocenters. The van der Waals surface area contributed by atoms with E-state index in [1.165, 1.54) is 14.2 Å². The number of hydrogen-bond donors (Lipinski definition) is 0. The van der Waals surface area contributed by atoms with E-state index in [0.717, 1.165) is 6.42 Å². The van der Waals surface area contributed by atoms with Crippen LogP contribution in [0, 0.1) is 11.8 Å². The van der Waals surface area contributed by atoms with Crippen LogP contribution in [-0.2, 0) is 9.53 Å². The topological polar surface area (TPSA) is 65.1 Å². The minimum atomic E-state index is -0.571. The third-order valence-electron chi connectivity index (χ3n) is 4.14. The average Bonchev–Trinajstić information content (AvgIpc) is 2.57. The van der Waals surface area contributed by atoms with Crippen LogP contribution in [0.25, 0.3) is 0 Å². The molecule has 1 aromatic carbocycles. The summed E-state index contributed by atoms with van der Waals surface area (Å²) < 4.78 is 15.4. The molecule has 1 fully saturated rings. The average molecular weight is 335 g/mol. The van der Waals surface area contributed by atoms with Crippen LogP contribution in [0.4, 0.5) is 0 Å². The number of methoxy groups -OCH3 is 2. The van der Waals surface area contributed by atoms with Crippen molar-refractivity contribution in [2.75, 3.05) is 33.9 Å². The maximum absolute atomic E-state index is 12.3. The fraction of sp³-hybridized carbons (Fsp3) is 0.556. The molecule has 0 spiro atoms. The Morgan fingerprint density at radius 1 is 1.04 bits per heavy atom. The van der Waals surface area contributed by atoms with Gasteiger partial charge in [-0.3, -0.25) is 4.79 Å². The number of benzene rings is 1. The van der Waals surface area contributed by atoms with E-state index in [4.69, 9.17) is 14.2 Å². The Bertz CT molecular complexity index is 569. The van der Waals surface area contributed by atoms with E-state index in [1.807, 2.05) is 0 Å². The van der Waals surface area contributed by atoms with Gasteiger partial charge in [-0.1, -0.05) is 13.8 Å². The first-order valence-corrected chi connectivity index (χ1v) is 8.11. The number of carbonyl (C=O) groups excluding carboxylic acids is 2. The first-order chi connectivity index (χ1) is 11.4. The van der Waals surface area contributed by atoms with Crippen molar-refractivity contribution in [2.45, 2.75) is 20.3 Å². The lowest BCUT2D eigenvalue weighted by Crippen LogP contribution is -2.44. The van der Waals surface area contributed by atoms with Crippen molar-refractivity contribution in [2.24, 2.45) is 11.8 Å². The number of esters is 1. The normalized spacial score (nSPS) is 20.4. The van der Waals surface area contributed by atoms with Crippen molar-refractivity contribution in [1.82, 2.24) is 4.90 Å². The molecule has 1 saturated heterocycles. The molecule has 1 heterocycles. The fourth-order valence-corrected chi connectivity index (χ4v) is 3.09. The molecule has 0 aromatic heterocycles. The van der Waals surface area contributed by atoms with Crippen LogP contribution in [0.15, 0.2) is 18.2 Å². The minimum absolute atomic E-state index is 0.156. The van der Waals surface area contributed by atoms with Gasteiger partial charge in [-0.15, -0.1) is 0 Å². The summed E-state index contributed by atoms with van der Waals surface area (Å²) in [5, 5.41) is 0. The van der Waals surface area contributed by atoms with Crippen molar-refractivity contribution in [3.63, 3.8) is 0 Å². The molecule has 0 unspecified atom stereocenters. The second-order valence-corrected chi connectivity index (χ2v) is 6.42. The first kappa shape index (κ1) is 18.1. The molecule has 24 heavy (non-hydrogen) atoms. The number of piperidine rings is 1. The summed E-state index contributed by atoms with van der Waals surface area (Å²) in [6.45, 7) is 5.44. The highest BCUT2D eigenvalue weighted by atomic mass is 16.5. The number of carbonyl (C=O) groups is 2. The second-order valence-electron chi connectivity index (χ2n) is 6.42. The van der Waals surface area contributed by atoms with Crippen LogP contribution in [0.3, 0.4) is 0 Å². The zero-order chi connectivity index (χ0) is 17.7.